The highest BCUT2D eigenvalue weighted by Gasteiger charge is 2.30. The quantitative estimate of drug-likeness (QED) is 0.865. The van der Waals surface area contributed by atoms with Gasteiger partial charge in [-0.2, -0.15) is 0 Å². The zero-order chi connectivity index (χ0) is 15.7. The number of anilines is 2. The summed E-state index contributed by atoms with van der Waals surface area (Å²) in [4.78, 5) is 28.9. The van der Waals surface area contributed by atoms with Crippen molar-refractivity contribution < 1.29 is 9.59 Å². The molecule has 1 saturated carbocycles. The Morgan fingerprint density at radius 3 is 2.77 bits per heavy atom. The number of rotatable bonds is 5. The topological polar surface area (TPSA) is 102 Å². The van der Waals surface area contributed by atoms with Gasteiger partial charge >= 0.3 is 0 Å². The molecule has 0 aliphatic heterocycles. The minimum Gasteiger partial charge on any atom is -0.308 e. The lowest BCUT2D eigenvalue weighted by Crippen LogP contribution is -2.19. The molecule has 2 heterocycles. The van der Waals surface area contributed by atoms with E-state index in [0.717, 1.165) is 23.4 Å². The fourth-order valence-electron chi connectivity index (χ4n) is 1.84. The maximum absolute atomic E-state index is 11.9. The normalized spacial score (nSPS) is 13.9. The van der Waals surface area contributed by atoms with Crippen LogP contribution in [0.25, 0.3) is 0 Å². The highest BCUT2D eigenvalue weighted by atomic mass is 32.1. The van der Waals surface area contributed by atoms with Crippen molar-refractivity contribution >= 4 is 34.1 Å². The lowest BCUT2D eigenvalue weighted by atomic mass is 10.4. The van der Waals surface area contributed by atoms with Crippen LogP contribution in [0.15, 0.2) is 6.20 Å². The molecule has 1 aliphatic rings. The molecule has 0 saturated heterocycles. The van der Waals surface area contributed by atoms with E-state index in [2.05, 4.69) is 25.9 Å². The van der Waals surface area contributed by atoms with Crippen molar-refractivity contribution in [3.63, 3.8) is 0 Å². The molecule has 116 valence electrons. The lowest BCUT2D eigenvalue weighted by molar-refractivity contribution is -0.117. The lowest BCUT2D eigenvalue weighted by Gasteiger charge is -2.00. The van der Waals surface area contributed by atoms with Gasteiger partial charge in [0.05, 0.1) is 11.9 Å². The number of carbonyl (C=O) groups is 2. The number of hydrogen-bond donors (Lipinski definition) is 2. The first-order valence-electron chi connectivity index (χ1n) is 6.96. The molecular weight excluding hydrogens is 304 g/mol. The van der Waals surface area contributed by atoms with Crippen molar-refractivity contribution in [2.75, 3.05) is 10.6 Å². The minimum absolute atomic E-state index is 0.0178. The summed E-state index contributed by atoms with van der Waals surface area (Å²) in [6, 6.07) is 0. The van der Waals surface area contributed by atoms with E-state index < -0.39 is 0 Å². The van der Waals surface area contributed by atoms with Crippen LogP contribution in [0.4, 0.5) is 10.9 Å². The average molecular weight is 320 g/mol. The summed E-state index contributed by atoms with van der Waals surface area (Å²) >= 11 is 1.43. The SMILES string of the molecule is Cc1nc(NC(=O)Cn2cc(NC(=O)C3CC3)nn2)sc1C. The second-order valence-electron chi connectivity index (χ2n) is 5.27. The van der Waals surface area contributed by atoms with E-state index in [-0.39, 0.29) is 24.3 Å². The van der Waals surface area contributed by atoms with E-state index in [1.165, 1.54) is 22.2 Å². The molecule has 0 bridgehead atoms. The van der Waals surface area contributed by atoms with Gasteiger partial charge in [-0.25, -0.2) is 9.67 Å². The van der Waals surface area contributed by atoms with Crippen LogP contribution in [-0.4, -0.2) is 31.8 Å². The molecule has 0 spiro atoms. The molecule has 0 unspecified atom stereocenters. The molecule has 2 aromatic rings. The van der Waals surface area contributed by atoms with Gasteiger partial charge in [0.2, 0.25) is 11.8 Å². The van der Waals surface area contributed by atoms with E-state index >= 15 is 0 Å². The first kappa shape index (κ1) is 14.6. The minimum atomic E-state index is -0.237. The highest BCUT2D eigenvalue weighted by molar-refractivity contribution is 7.15. The van der Waals surface area contributed by atoms with Crippen LogP contribution in [-0.2, 0) is 16.1 Å². The number of carbonyl (C=O) groups excluding carboxylic acids is 2. The number of hydrogen-bond acceptors (Lipinski definition) is 6. The zero-order valence-electron chi connectivity index (χ0n) is 12.3. The molecule has 2 N–H and O–H groups in total. The van der Waals surface area contributed by atoms with Gasteiger partial charge in [0.25, 0.3) is 0 Å². The van der Waals surface area contributed by atoms with E-state index in [0.29, 0.717) is 10.9 Å². The number of nitrogens with zero attached hydrogens (tertiary/aromatic N) is 4. The van der Waals surface area contributed by atoms with Crippen LogP contribution in [0, 0.1) is 19.8 Å². The monoisotopic (exact) mass is 320 g/mol. The summed E-state index contributed by atoms with van der Waals surface area (Å²) in [5.41, 5.74) is 0.908. The van der Waals surface area contributed by atoms with E-state index in [1.807, 2.05) is 13.8 Å². The van der Waals surface area contributed by atoms with Crippen molar-refractivity contribution in [2.24, 2.45) is 5.92 Å². The largest absolute Gasteiger partial charge is 0.308 e. The number of aromatic nitrogens is 4. The Balaban J connectivity index is 1.54. The Morgan fingerprint density at radius 2 is 2.14 bits per heavy atom. The molecule has 2 aromatic heterocycles. The third-order valence-electron chi connectivity index (χ3n) is 3.32. The highest BCUT2D eigenvalue weighted by Crippen LogP contribution is 2.29. The van der Waals surface area contributed by atoms with Crippen molar-refractivity contribution in [3.8, 4) is 0 Å². The summed E-state index contributed by atoms with van der Waals surface area (Å²) in [7, 11) is 0. The Kier molecular flexibility index (Phi) is 3.88. The van der Waals surface area contributed by atoms with Crippen molar-refractivity contribution in [3.05, 3.63) is 16.8 Å². The number of thiazole rings is 1. The molecule has 22 heavy (non-hydrogen) atoms. The molecule has 0 aromatic carbocycles. The van der Waals surface area contributed by atoms with Gasteiger partial charge < -0.3 is 10.6 Å². The van der Waals surface area contributed by atoms with Crippen molar-refractivity contribution in [1.82, 2.24) is 20.0 Å². The van der Waals surface area contributed by atoms with Crippen LogP contribution < -0.4 is 10.6 Å². The van der Waals surface area contributed by atoms with Crippen molar-refractivity contribution in [2.45, 2.75) is 33.2 Å². The predicted octanol–water partition coefficient (Wildman–Crippen LogP) is 1.34. The molecule has 0 atom stereocenters. The van der Waals surface area contributed by atoms with Gasteiger partial charge in [0.1, 0.15) is 6.54 Å². The summed E-state index contributed by atoms with van der Waals surface area (Å²) in [5, 5.41) is 13.6. The van der Waals surface area contributed by atoms with Crippen LogP contribution in [0.5, 0.6) is 0 Å². The van der Waals surface area contributed by atoms with Crippen LogP contribution >= 0.6 is 11.3 Å². The van der Waals surface area contributed by atoms with Crippen LogP contribution in [0.3, 0.4) is 0 Å². The number of amides is 2. The van der Waals surface area contributed by atoms with E-state index in [9.17, 15) is 9.59 Å². The molecule has 3 rings (SSSR count). The summed E-state index contributed by atoms with van der Waals surface area (Å²) in [6.45, 7) is 3.87. The first-order chi connectivity index (χ1) is 10.5. The fraction of sp³-hybridized carbons (Fsp3) is 0.462. The van der Waals surface area contributed by atoms with Gasteiger partial charge in [0, 0.05) is 10.8 Å². The maximum atomic E-state index is 11.9. The maximum Gasteiger partial charge on any atom is 0.247 e. The van der Waals surface area contributed by atoms with Gasteiger partial charge in [-0.05, 0) is 26.7 Å². The second kappa shape index (κ2) is 5.84. The fourth-order valence-corrected chi connectivity index (χ4v) is 2.67. The summed E-state index contributed by atoms with van der Waals surface area (Å²) in [5.74, 6) is 0.194. The molecule has 1 aliphatic carbocycles. The third-order valence-corrected chi connectivity index (χ3v) is 4.31. The molecule has 1 fully saturated rings. The van der Waals surface area contributed by atoms with Gasteiger partial charge in [-0.15, -0.1) is 16.4 Å². The first-order valence-corrected chi connectivity index (χ1v) is 7.78. The second-order valence-corrected chi connectivity index (χ2v) is 6.48. The van der Waals surface area contributed by atoms with Gasteiger partial charge in [-0.3, -0.25) is 9.59 Å². The van der Waals surface area contributed by atoms with Gasteiger partial charge in [-0.1, -0.05) is 5.21 Å². The predicted molar refractivity (Wildman–Crippen MR) is 81.6 cm³/mol. The van der Waals surface area contributed by atoms with E-state index in [1.54, 1.807) is 0 Å². The van der Waals surface area contributed by atoms with E-state index in [4.69, 9.17) is 0 Å². The number of nitrogens with one attached hydrogen (secondary N) is 2. The van der Waals surface area contributed by atoms with Gasteiger partial charge in [0.15, 0.2) is 10.9 Å². The summed E-state index contributed by atoms with van der Waals surface area (Å²) in [6.07, 6.45) is 3.39. The Morgan fingerprint density at radius 1 is 1.36 bits per heavy atom. The average Bonchev–Trinajstić information content (AvgIpc) is 3.14. The smallest absolute Gasteiger partial charge is 0.247 e. The standard InChI is InChI=1S/C13H16N6O2S/c1-7-8(2)22-13(14-7)16-11(20)6-19-5-10(17-18-19)15-12(21)9-3-4-9/h5,9H,3-4,6H2,1-2H3,(H,15,21)(H,14,16,20). The zero-order valence-corrected chi connectivity index (χ0v) is 13.1. The Hall–Kier alpha value is -2.29. The van der Waals surface area contributed by atoms with Crippen molar-refractivity contribution in [1.29, 1.82) is 0 Å². The third kappa shape index (κ3) is 3.48. The van der Waals surface area contributed by atoms with Crippen LogP contribution in [0.1, 0.15) is 23.4 Å². The molecule has 2 amide bonds. The Labute approximate surface area is 130 Å². The number of aryl methyl sites for hydroxylation is 2. The molecule has 0 radical (unpaired) electrons. The Bertz CT molecular complexity index is 698. The van der Waals surface area contributed by atoms with Crippen LogP contribution in [0.2, 0.25) is 0 Å². The molecular formula is C13H16N6O2S. The molecule has 8 nitrogen and oxygen atoms in total. The molecule has 9 heteroatoms. The summed E-state index contributed by atoms with van der Waals surface area (Å²) < 4.78 is 1.38.